The van der Waals surface area contributed by atoms with Gasteiger partial charge < -0.3 is 14.6 Å². The van der Waals surface area contributed by atoms with Crippen molar-refractivity contribution >= 4 is 11.6 Å². The van der Waals surface area contributed by atoms with Crippen LogP contribution >= 0.6 is 0 Å². The Morgan fingerprint density at radius 3 is 2.55 bits per heavy atom. The van der Waals surface area contributed by atoms with Crippen molar-refractivity contribution in [3.8, 4) is 5.75 Å². The molecule has 2 heterocycles. The average molecular weight is 393 g/mol. The highest BCUT2D eigenvalue weighted by atomic mass is 19.1. The first-order valence-corrected chi connectivity index (χ1v) is 9.63. The van der Waals surface area contributed by atoms with E-state index in [1.54, 1.807) is 7.11 Å². The number of hydrogen-bond acceptors (Lipinski definition) is 3. The van der Waals surface area contributed by atoms with Gasteiger partial charge in [-0.3, -0.25) is 9.69 Å². The Hall–Kier alpha value is -3.12. The fourth-order valence-corrected chi connectivity index (χ4v) is 3.83. The second kappa shape index (κ2) is 8.09. The van der Waals surface area contributed by atoms with Crippen LogP contribution in [0, 0.1) is 5.82 Å². The van der Waals surface area contributed by atoms with Gasteiger partial charge in [-0.05, 0) is 53.6 Å². The van der Waals surface area contributed by atoms with Gasteiger partial charge in [-0.15, -0.1) is 0 Å². The number of halogens is 1. The maximum atomic E-state index is 13.1. The highest BCUT2D eigenvalue weighted by Crippen LogP contribution is 2.25. The molecule has 5 nitrogen and oxygen atoms in total. The van der Waals surface area contributed by atoms with Gasteiger partial charge >= 0.3 is 0 Å². The Labute approximate surface area is 169 Å². The Kier molecular flexibility index (Phi) is 5.36. The number of aromatic nitrogens is 1. The van der Waals surface area contributed by atoms with Crippen molar-refractivity contribution in [1.29, 1.82) is 0 Å². The van der Waals surface area contributed by atoms with Gasteiger partial charge in [-0.1, -0.05) is 12.1 Å². The van der Waals surface area contributed by atoms with Crippen LogP contribution in [0.1, 0.15) is 27.3 Å². The highest BCUT2D eigenvalue weighted by molar-refractivity contribution is 6.03. The van der Waals surface area contributed by atoms with Crippen molar-refractivity contribution in [1.82, 2.24) is 9.47 Å². The van der Waals surface area contributed by atoms with Crippen LogP contribution in [0.3, 0.4) is 0 Å². The standard InChI is InChI=1S/C23H24FN3O2/c1-26-21-11-12-27(14-16-3-5-18(24)6-4-16)15-17(21)13-22(26)23(28)25-19-7-9-20(29-2)10-8-19/h3-10,13H,11-12,14-15H2,1-2H3,(H,25,28). The molecule has 4 rings (SSSR count). The summed E-state index contributed by atoms with van der Waals surface area (Å²) in [5.41, 5.74) is 4.83. The van der Waals surface area contributed by atoms with Gasteiger partial charge in [-0.25, -0.2) is 4.39 Å². The molecule has 150 valence electrons. The molecule has 0 saturated heterocycles. The number of methoxy groups -OCH3 is 1. The van der Waals surface area contributed by atoms with E-state index in [1.807, 2.05) is 54.1 Å². The zero-order chi connectivity index (χ0) is 20.4. The minimum atomic E-state index is -0.217. The van der Waals surface area contributed by atoms with Crippen LogP contribution in [0.2, 0.25) is 0 Å². The summed E-state index contributed by atoms with van der Waals surface area (Å²) in [4.78, 5) is 15.1. The highest BCUT2D eigenvalue weighted by Gasteiger charge is 2.23. The summed E-state index contributed by atoms with van der Waals surface area (Å²) in [6.45, 7) is 2.44. The molecule has 0 radical (unpaired) electrons. The van der Waals surface area contributed by atoms with Crippen molar-refractivity contribution < 1.29 is 13.9 Å². The summed E-state index contributed by atoms with van der Waals surface area (Å²) in [5.74, 6) is 0.404. The van der Waals surface area contributed by atoms with E-state index in [9.17, 15) is 9.18 Å². The quantitative estimate of drug-likeness (QED) is 0.713. The van der Waals surface area contributed by atoms with Crippen LogP contribution in [0.5, 0.6) is 5.75 Å². The van der Waals surface area contributed by atoms with E-state index < -0.39 is 0 Å². The van der Waals surface area contributed by atoms with E-state index in [0.29, 0.717) is 5.69 Å². The van der Waals surface area contributed by atoms with E-state index in [1.165, 1.54) is 23.4 Å². The van der Waals surface area contributed by atoms with E-state index in [0.717, 1.165) is 43.1 Å². The number of ether oxygens (including phenoxy) is 1. The van der Waals surface area contributed by atoms with E-state index in [2.05, 4.69) is 10.2 Å². The predicted octanol–water partition coefficient (Wildman–Crippen LogP) is 3.98. The molecule has 1 aliphatic rings. The van der Waals surface area contributed by atoms with Gasteiger partial charge in [0.25, 0.3) is 5.91 Å². The number of benzene rings is 2. The van der Waals surface area contributed by atoms with Gasteiger partial charge in [0.05, 0.1) is 7.11 Å². The Balaban J connectivity index is 1.46. The zero-order valence-electron chi connectivity index (χ0n) is 16.6. The first-order valence-electron chi connectivity index (χ1n) is 9.63. The number of nitrogens with zero attached hydrogens (tertiary/aromatic N) is 2. The topological polar surface area (TPSA) is 46.5 Å². The molecule has 3 aromatic rings. The number of amides is 1. The maximum Gasteiger partial charge on any atom is 0.272 e. The van der Waals surface area contributed by atoms with Crippen LogP contribution in [0.4, 0.5) is 10.1 Å². The van der Waals surface area contributed by atoms with Gasteiger partial charge in [0, 0.05) is 44.5 Å². The Morgan fingerprint density at radius 2 is 1.86 bits per heavy atom. The second-order valence-corrected chi connectivity index (χ2v) is 7.33. The Morgan fingerprint density at radius 1 is 1.14 bits per heavy atom. The zero-order valence-corrected chi connectivity index (χ0v) is 16.6. The largest absolute Gasteiger partial charge is 0.497 e. The smallest absolute Gasteiger partial charge is 0.272 e. The van der Waals surface area contributed by atoms with Crippen molar-refractivity contribution in [2.45, 2.75) is 19.5 Å². The third kappa shape index (κ3) is 4.17. The van der Waals surface area contributed by atoms with Crippen molar-refractivity contribution in [2.24, 2.45) is 7.05 Å². The minimum Gasteiger partial charge on any atom is -0.497 e. The lowest BCUT2D eigenvalue weighted by Gasteiger charge is -2.27. The lowest BCUT2D eigenvalue weighted by atomic mass is 10.1. The molecule has 0 fully saturated rings. The second-order valence-electron chi connectivity index (χ2n) is 7.33. The number of carbonyl (C=O) groups is 1. The first-order chi connectivity index (χ1) is 14.0. The lowest BCUT2D eigenvalue weighted by molar-refractivity contribution is 0.101. The number of rotatable bonds is 5. The molecule has 1 amide bonds. The molecule has 0 unspecified atom stereocenters. The van der Waals surface area contributed by atoms with Crippen LogP contribution in [-0.2, 0) is 26.6 Å². The lowest BCUT2D eigenvalue weighted by Crippen LogP contribution is -2.30. The van der Waals surface area contributed by atoms with Crippen LogP contribution < -0.4 is 10.1 Å². The third-order valence-electron chi connectivity index (χ3n) is 5.41. The molecule has 0 atom stereocenters. The van der Waals surface area contributed by atoms with Crippen LogP contribution in [0.25, 0.3) is 0 Å². The van der Waals surface area contributed by atoms with Gasteiger partial charge in [0.15, 0.2) is 0 Å². The molecule has 1 N–H and O–H groups in total. The summed E-state index contributed by atoms with van der Waals surface area (Å²) in [6, 6.07) is 15.9. The predicted molar refractivity (Wildman–Crippen MR) is 111 cm³/mol. The monoisotopic (exact) mass is 393 g/mol. The van der Waals surface area contributed by atoms with Crippen molar-refractivity contribution in [3.63, 3.8) is 0 Å². The number of nitrogens with one attached hydrogen (secondary N) is 1. The number of hydrogen-bond donors (Lipinski definition) is 1. The van der Waals surface area contributed by atoms with Crippen LogP contribution in [0.15, 0.2) is 54.6 Å². The summed E-state index contributed by atoms with van der Waals surface area (Å²) < 4.78 is 20.3. The molecule has 6 heteroatoms. The molecule has 29 heavy (non-hydrogen) atoms. The number of anilines is 1. The maximum absolute atomic E-state index is 13.1. The van der Waals surface area contributed by atoms with E-state index in [4.69, 9.17) is 4.74 Å². The third-order valence-corrected chi connectivity index (χ3v) is 5.41. The summed E-state index contributed by atoms with van der Waals surface area (Å²) in [6.07, 6.45) is 0.878. The summed E-state index contributed by atoms with van der Waals surface area (Å²) >= 11 is 0. The van der Waals surface area contributed by atoms with Crippen LogP contribution in [-0.4, -0.2) is 29.0 Å². The first kappa shape index (κ1) is 19.2. The summed E-state index contributed by atoms with van der Waals surface area (Å²) in [7, 11) is 3.55. The molecule has 0 spiro atoms. The van der Waals surface area contributed by atoms with Gasteiger partial charge in [0.2, 0.25) is 0 Å². The van der Waals surface area contributed by atoms with Gasteiger partial charge in [-0.2, -0.15) is 0 Å². The van der Waals surface area contributed by atoms with E-state index in [-0.39, 0.29) is 11.7 Å². The number of carbonyl (C=O) groups excluding carboxylic acids is 1. The minimum absolute atomic E-state index is 0.128. The average Bonchev–Trinajstić information content (AvgIpc) is 3.06. The molecule has 0 saturated carbocycles. The van der Waals surface area contributed by atoms with E-state index >= 15 is 0 Å². The normalized spacial score (nSPS) is 13.8. The molecule has 1 aromatic heterocycles. The molecular weight excluding hydrogens is 369 g/mol. The molecule has 2 aromatic carbocycles. The molecule has 0 aliphatic carbocycles. The molecular formula is C23H24FN3O2. The fraction of sp³-hybridized carbons (Fsp3) is 0.261. The van der Waals surface area contributed by atoms with Gasteiger partial charge in [0.1, 0.15) is 17.3 Å². The SMILES string of the molecule is COc1ccc(NC(=O)c2cc3c(n2C)CCN(Cc2ccc(F)cc2)C3)cc1. The molecule has 0 bridgehead atoms. The Bertz CT molecular complexity index is 1010. The number of fused-ring (bicyclic) bond motifs is 1. The molecule has 1 aliphatic heterocycles. The van der Waals surface area contributed by atoms with Crippen molar-refractivity contribution in [2.75, 3.05) is 19.0 Å². The summed E-state index contributed by atoms with van der Waals surface area (Å²) in [5, 5.41) is 2.95. The van der Waals surface area contributed by atoms with Crippen molar-refractivity contribution in [3.05, 3.63) is 82.9 Å². The fourth-order valence-electron chi connectivity index (χ4n) is 3.83.